The number of aromatic nitrogens is 1. The van der Waals surface area contributed by atoms with Gasteiger partial charge in [-0.25, -0.2) is 4.39 Å². The zero-order valence-electron chi connectivity index (χ0n) is 15.6. The van der Waals surface area contributed by atoms with Crippen LogP contribution < -0.4 is 10.6 Å². The highest BCUT2D eigenvalue weighted by Crippen LogP contribution is 2.19. The van der Waals surface area contributed by atoms with E-state index >= 15 is 0 Å². The third-order valence-electron chi connectivity index (χ3n) is 4.50. The van der Waals surface area contributed by atoms with Crippen LogP contribution in [0.3, 0.4) is 0 Å². The van der Waals surface area contributed by atoms with Crippen molar-refractivity contribution in [2.45, 2.75) is 20.4 Å². The van der Waals surface area contributed by atoms with Gasteiger partial charge in [0.15, 0.2) is 0 Å². The monoisotopic (exact) mass is 377 g/mol. The van der Waals surface area contributed by atoms with Gasteiger partial charge in [0.25, 0.3) is 11.8 Å². The van der Waals surface area contributed by atoms with Crippen molar-refractivity contribution in [3.05, 3.63) is 94.6 Å². The van der Waals surface area contributed by atoms with Crippen molar-refractivity contribution in [1.29, 1.82) is 0 Å². The van der Waals surface area contributed by atoms with E-state index in [1.165, 1.54) is 24.4 Å². The summed E-state index contributed by atoms with van der Waals surface area (Å²) in [7, 11) is 0. The summed E-state index contributed by atoms with van der Waals surface area (Å²) in [6, 6.07) is 14.8. The van der Waals surface area contributed by atoms with Crippen LogP contribution in [0.4, 0.5) is 10.1 Å². The minimum atomic E-state index is -0.482. The van der Waals surface area contributed by atoms with Gasteiger partial charge in [0.05, 0.1) is 0 Å². The Morgan fingerprint density at radius 3 is 2.57 bits per heavy atom. The Labute approximate surface area is 162 Å². The second-order valence-electron chi connectivity index (χ2n) is 6.41. The predicted molar refractivity (Wildman–Crippen MR) is 106 cm³/mol. The van der Waals surface area contributed by atoms with E-state index in [-0.39, 0.29) is 18.1 Å². The Morgan fingerprint density at radius 1 is 1.00 bits per heavy atom. The molecule has 0 aliphatic rings. The Hall–Kier alpha value is -3.54. The fourth-order valence-electron chi connectivity index (χ4n) is 2.68. The number of hydrogen-bond acceptors (Lipinski definition) is 3. The highest BCUT2D eigenvalue weighted by Gasteiger charge is 2.13. The topological polar surface area (TPSA) is 71.1 Å². The van der Waals surface area contributed by atoms with Gasteiger partial charge >= 0.3 is 0 Å². The summed E-state index contributed by atoms with van der Waals surface area (Å²) in [5.41, 5.74) is 3.54. The highest BCUT2D eigenvalue weighted by molar-refractivity contribution is 6.06. The third kappa shape index (κ3) is 4.40. The zero-order valence-corrected chi connectivity index (χ0v) is 15.6. The number of carbonyl (C=O) groups excluding carboxylic acids is 2. The number of rotatable bonds is 5. The predicted octanol–water partition coefficient (Wildman–Crippen LogP) is 4.02. The highest BCUT2D eigenvalue weighted by atomic mass is 19.1. The van der Waals surface area contributed by atoms with Gasteiger partial charge in [-0.05, 0) is 49.2 Å². The van der Waals surface area contributed by atoms with Gasteiger partial charge in [0.2, 0.25) is 0 Å². The van der Waals surface area contributed by atoms with E-state index in [4.69, 9.17) is 0 Å². The average molecular weight is 377 g/mol. The van der Waals surface area contributed by atoms with Gasteiger partial charge in [-0.2, -0.15) is 0 Å². The number of benzene rings is 2. The van der Waals surface area contributed by atoms with Crippen LogP contribution >= 0.6 is 0 Å². The number of nitrogens with zero attached hydrogens (tertiary/aromatic N) is 1. The average Bonchev–Trinajstić information content (AvgIpc) is 2.70. The van der Waals surface area contributed by atoms with Crippen molar-refractivity contribution in [3.63, 3.8) is 0 Å². The molecule has 28 heavy (non-hydrogen) atoms. The summed E-state index contributed by atoms with van der Waals surface area (Å²) >= 11 is 0. The second kappa shape index (κ2) is 8.43. The number of nitrogens with one attached hydrogen (secondary N) is 2. The molecule has 142 valence electrons. The molecule has 1 heterocycles. The summed E-state index contributed by atoms with van der Waals surface area (Å²) in [4.78, 5) is 28.9. The molecule has 0 spiro atoms. The molecule has 2 aromatic carbocycles. The van der Waals surface area contributed by atoms with Crippen molar-refractivity contribution < 1.29 is 14.0 Å². The first kappa shape index (κ1) is 19.2. The van der Waals surface area contributed by atoms with Crippen LogP contribution in [0.2, 0.25) is 0 Å². The molecule has 0 saturated heterocycles. The molecule has 3 aromatic rings. The fourth-order valence-corrected chi connectivity index (χ4v) is 2.68. The molecule has 0 aliphatic heterocycles. The SMILES string of the molecule is Cc1cccc(NC(=O)c2ccnc(C(=O)NCc3ccccc3F)c2)c1C. The van der Waals surface area contributed by atoms with Gasteiger partial charge in [-0.3, -0.25) is 14.6 Å². The minimum Gasteiger partial charge on any atom is -0.347 e. The van der Waals surface area contributed by atoms with Crippen LogP contribution in [-0.4, -0.2) is 16.8 Å². The normalized spacial score (nSPS) is 10.4. The number of carbonyl (C=O) groups is 2. The lowest BCUT2D eigenvalue weighted by Crippen LogP contribution is -2.25. The van der Waals surface area contributed by atoms with E-state index in [1.807, 2.05) is 32.0 Å². The maximum absolute atomic E-state index is 13.7. The van der Waals surface area contributed by atoms with Gasteiger partial charge in [0, 0.05) is 29.6 Å². The van der Waals surface area contributed by atoms with E-state index < -0.39 is 11.7 Å². The van der Waals surface area contributed by atoms with E-state index in [2.05, 4.69) is 15.6 Å². The fraction of sp³-hybridized carbons (Fsp3) is 0.136. The molecular weight excluding hydrogens is 357 g/mol. The van der Waals surface area contributed by atoms with Gasteiger partial charge < -0.3 is 10.6 Å². The van der Waals surface area contributed by atoms with Crippen LogP contribution in [0.1, 0.15) is 37.5 Å². The molecule has 2 amide bonds. The number of aryl methyl sites for hydroxylation is 1. The molecule has 2 N–H and O–H groups in total. The Balaban J connectivity index is 1.70. The molecule has 0 unspecified atom stereocenters. The quantitative estimate of drug-likeness (QED) is 0.705. The molecule has 0 atom stereocenters. The van der Waals surface area contributed by atoms with Gasteiger partial charge in [0.1, 0.15) is 11.5 Å². The number of pyridine rings is 1. The smallest absolute Gasteiger partial charge is 0.270 e. The van der Waals surface area contributed by atoms with Crippen molar-refractivity contribution in [1.82, 2.24) is 10.3 Å². The first-order valence-corrected chi connectivity index (χ1v) is 8.81. The Bertz CT molecular complexity index is 1030. The molecule has 0 radical (unpaired) electrons. The molecule has 0 aliphatic carbocycles. The van der Waals surface area contributed by atoms with Crippen LogP contribution in [0.25, 0.3) is 0 Å². The summed E-state index contributed by atoms with van der Waals surface area (Å²) < 4.78 is 13.7. The number of hydrogen-bond donors (Lipinski definition) is 2. The van der Waals surface area contributed by atoms with Crippen molar-refractivity contribution in [2.24, 2.45) is 0 Å². The first-order valence-electron chi connectivity index (χ1n) is 8.81. The molecule has 0 bridgehead atoms. The summed E-state index contributed by atoms with van der Waals surface area (Å²) in [5, 5.41) is 5.47. The molecule has 0 saturated carbocycles. The van der Waals surface area contributed by atoms with E-state index in [9.17, 15) is 14.0 Å². The lowest BCUT2D eigenvalue weighted by atomic mass is 10.1. The molecule has 5 nitrogen and oxygen atoms in total. The van der Waals surface area contributed by atoms with Crippen LogP contribution in [0.5, 0.6) is 0 Å². The lowest BCUT2D eigenvalue weighted by Gasteiger charge is -2.11. The summed E-state index contributed by atoms with van der Waals surface area (Å²) in [5.74, 6) is -1.21. The summed E-state index contributed by atoms with van der Waals surface area (Å²) in [6.07, 6.45) is 1.40. The zero-order chi connectivity index (χ0) is 20.1. The van der Waals surface area contributed by atoms with Crippen LogP contribution in [-0.2, 0) is 6.54 Å². The molecule has 6 heteroatoms. The maximum atomic E-state index is 13.7. The number of anilines is 1. The summed E-state index contributed by atoms with van der Waals surface area (Å²) in [6.45, 7) is 3.93. The molecule has 0 fully saturated rings. The number of amides is 2. The van der Waals surface area contributed by atoms with Crippen molar-refractivity contribution in [3.8, 4) is 0 Å². The van der Waals surface area contributed by atoms with Crippen LogP contribution in [0.15, 0.2) is 60.8 Å². The van der Waals surface area contributed by atoms with Gasteiger partial charge in [-0.1, -0.05) is 30.3 Å². The largest absolute Gasteiger partial charge is 0.347 e. The van der Waals surface area contributed by atoms with Crippen molar-refractivity contribution in [2.75, 3.05) is 5.32 Å². The maximum Gasteiger partial charge on any atom is 0.270 e. The Morgan fingerprint density at radius 2 is 1.79 bits per heavy atom. The molecule has 3 rings (SSSR count). The number of halogens is 1. The van der Waals surface area contributed by atoms with Crippen LogP contribution in [0, 0.1) is 19.7 Å². The van der Waals surface area contributed by atoms with E-state index in [0.29, 0.717) is 16.8 Å². The first-order chi connectivity index (χ1) is 13.5. The molecular formula is C22H20FN3O2. The third-order valence-corrected chi connectivity index (χ3v) is 4.50. The lowest BCUT2D eigenvalue weighted by molar-refractivity contribution is 0.0945. The Kier molecular flexibility index (Phi) is 5.79. The van der Waals surface area contributed by atoms with Gasteiger partial charge in [-0.15, -0.1) is 0 Å². The van der Waals surface area contributed by atoms with E-state index in [0.717, 1.165) is 11.1 Å². The molecule has 1 aromatic heterocycles. The second-order valence-corrected chi connectivity index (χ2v) is 6.41. The van der Waals surface area contributed by atoms with Crippen molar-refractivity contribution >= 4 is 17.5 Å². The standard InChI is InChI=1S/C22H20FN3O2/c1-14-6-5-9-19(15(14)2)26-21(27)16-10-11-24-20(12-16)22(28)25-13-17-7-3-4-8-18(17)23/h3-12H,13H2,1-2H3,(H,25,28)(H,26,27). The minimum absolute atomic E-state index is 0.0338. The van der Waals surface area contributed by atoms with E-state index in [1.54, 1.807) is 18.2 Å².